The number of nitrogens with zero attached hydrogens (tertiary/aromatic N) is 1. The fourth-order valence-electron chi connectivity index (χ4n) is 2.63. The summed E-state index contributed by atoms with van der Waals surface area (Å²) in [5, 5.41) is 3.91. The van der Waals surface area contributed by atoms with Crippen LogP contribution in [0.4, 0.5) is 0 Å². The Morgan fingerprint density at radius 1 is 1.12 bits per heavy atom. The molecule has 4 heteroatoms. The Kier molecular flexibility index (Phi) is 5.99. The van der Waals surface area contributed by atoms with Gasteiger partial charge in [-0.15, -0.1) is 0 Å². The molecule has 0 saturated heterocycles. The molecule has 3 rings (SSSR count). The third-order valence-corrected chi connectivity index (χ3v) is 3.97. The lowest BCUT2D eigenvalue weighted by atomic mass is 10.1. The summed E-state index contributed by atoms with van der Waals surface area (Å²) in [4.78, 5) is 16.7. The molecule has 0 saturated carbocycles. The maximum atomic E-state index is 12.4. The van der Waals surface area contributed by atoms with Crippen molar-refractivity contribution in [3.05, 3.63) is 84.1 Å². The van der Waals surface area contributed by atoms with Crippen LogP contribution in [0, 0.1) is 0 Å². The van der Waals surface area contributed by atoms with Gasteiger partial charge >= 0.3 is 0 Å². The van der Waals surface area contributed by atoms with Gasteiger partial charge in [-0.3, -0.25) is 9.78 Å². The van der Waals surface area contributed by atoms with Gasteiger partial charge in [-0.25, -0.2) is 0 Å². The number of allylic oxidation sites excluding steroid dienone is 1. The Balaban J connectivity index is 1.60. The summed E-state index contributed by atoms with van der Waals surface area (Å²) in [6.07, 6.45) is 6.82. The van der Waals surface area contributed by atoms with Crippen LogP contribution in [0.15, 0.2) is 72.9 Å². The van der Waals surface area contributed by atoms with Crippen molar-refractivity contribution in [1.29, 1.82) is 0 Å². The normalized spacial score (nSPS) is 11.0. The van der Waals surface area contributed by atoms with Gasteiger partial charge in [0.1, 0.15) is 12.4 Å². The van der Waals surface area contributed by atoms with E-state index in [-0.39, 0.29) is 5.91 Å². The van der Waals surface area contributed by atoms with E-state index in [0.29, 0.717) is 18.7 Å². The van der Waals surface area contributed by atoms with Crippen LogP contribution in [0.1, 0.15) is 29.3 Å². The van der Waals surface area contributed by atoms with Crippen molar-refractivity contribution in [2.45, 2.75) is 19.9 Å². The van der Waals surface area contributed by atoms with E-state index in [1.165, 1.54) is 0 Å². The number of benzene rings is 2. The van der Waals surface area contributed by atoms with Crippen molar-refractivity contribution in [2.24, 2.45) is 0 Å². The van der Waals surface area contributed by atoms with Crippen molar-refractivity contribution in [1.82, 2.24) is 10.3 Å². The van der Waals surface area contributed by atoms with E-state index in [9.17, 15) is 4.79 Å². The van der Waals surface area contributed by atoms with Gasteiger partial charge in [0.15, 0.2) is 0 Å². The summed E-state index contributed by atoms with van der Waals surface area (Å²) in [5.41, 5.74) is 2.51. The van der Waals surface area contributed by atoms with Gasteiger partial charge in [0.25, 0.3) is 5.91 Å². The second-order valence-corrected chi connectivity index (χ2v) is 5.93. The summed E-state index contributed by atoms with van der Waals surface area (Å²) < 4.78 is 5.68. The molecule has 0 radical (unpaired) electrons. The average molecular weight is 346 g/mol. The zero-order valence-corrected chi connectivity index (χ0v) is 14.8. The fraction of sp³-hybridized carbons (Fsp3) is 0.182. The van der Waals surface area contributed by atoms with Crippen LogP contribution in [0.3, 0.4) is 0 Å². The molecule has 0 bridgehead atoms. The second kappa shape index (κ2) is 8.81. The molecule has 26 heavy (non-hydrogen) atoms. The van der Waals surface area contributed by atoms with E-state index in [1.807, 2.05) is 54.6 Å². The minimum atomic E-state index is -0.104. The van der Waals surface area contributed by atoms with E-state index < -0.39 is 0 Å². The zero-order chi connectivity index (χ0) is 18.2. The lowest BCUT2D eigenvalue weighted by molar-refractivity contribution is 0.0951. The molecule has 0 aliphatic rings. The molecule has 132 valence electrons. The molecule has 3 aromatic rings. The van der Waals surface area contributed by atoms with Gasteiger partial charge in [0.2, 0.25) is 0 Å². The summed E-state index contributed by atoms with van der Waals surface area (Å²) in [6.45, 7) is 3.09. The largest absolute Gasteiger partial charge is 0.490 e. The van der Waals surface area contributed by atoms with Gasteiger partial charge in [0.05, 0.1) is 5.52 Å². The number of hydrogen-bond donors (Lipinski definition) is 1. The van der Waals surface area contributed by atoms with Crippen molar-refractivity contribution in [3.63, 3.8) is 0 Å². The molecule has 0 aliphatic heterocycles. The maximum Gasteiger partial charge on any atom is 0.251 e. The maximum absolute atomic E-state index is 12.4. The first-order valence-corrected chi connectivity index (χ1v) is 8.76. The number of carbonyl (C=O) groups is 1. The Morgan fingerprint density at radius 2 is 2.04 bits per heavy atom. The monoisotopic (exact) mass is 346 g/mol. The molecular weight excluding hydrogens is 324 g/mol. The van der Waals surface area contributed by atoms with Gasteiger partial charge in [-0.1, -0.05) is 37.3 Å². The molecule has 0 fully saturated rings. The highest BCUT2D eigenvalue weighted by Crippen LogP contribution is 2.15. The summed E-state index contributed by atoms with van der Waals surface area (Å²) in [5.74, 6) is 0.697. The molecule has 0 aliphatic carbocycles. The highest BCUT2D eigenvalue weighted by atomic mass is 16.5. The smallest absolute Gasteiger partial charge is 0.251 e. The standard InChI is InChI=1S/C22H22N2O2/c1-2-3-4-13-26-20-9-5-7-17(14-20)16-24-22(25)19-10-11-21-18(15-19)8-6-12-23-21/h3-12,14-15H,2,13,16H2,1H3,(H,24,25)/b4-3+. The van der Waals surface area contributed by atoms with Crippen molar-refractivity contribution >= 4 is 16.8 Å². The predicted octanol–water partition coefficient (Wildman–Crippen LogP) is 4.51. The molecular formula is C22H22N2O2. The lowest BCUT2D eigenvalue weighted by Gasteiger charge is -2.08. The van der Waals surface area contributed by atoms with Crippen LogP contribution in [0.2, 0.25) is 0 Å². The topological polar surface area (TPSA) is 51.2 Å². The quantitative estimate of drug-likeness (QED) is 0.640. The Morgan fingerprint density at radius 3 is 2.92 bits per heavy atom. The van der Waals surface area contributed by atoms with E-state index >= 15 is 0 Å². The third-order valence-electron chi connectivity index (χ3n) is 3.97. The number of hydrogen-bond acceptors (Lipinski definition) is 3. The first-order valence-electron chi connectivity index (χ1n) is 8.76. The lowest BCUT2D eigenvalue weighted by Crippen LogP contribution is -2.22. The van der Waals surface area contributed by atoms with Gasteiger partial charge < -0.3 is 10.1 Å². The number of carbonyl (C=O) groups excluding carboxylic acids is 1. The van der Waals surface area contributed by atoms with E-state index in [4.69, 9.17) is 4.74 Å². The molecule has 0 spiro atoms. The molecule has 0 unspecified atom stereocenters. The fourth-order valence-corrected chi connectivity index (χ4v) is 2.63. The number of aromatic nitrogens is 1. The molecule has 2 aromatic carbocycles. The second-order valence-electron chi connectivity index (χ2n) is 5.93. The molecule has 1 N–H and O–H groups in total. The SMILES string of the molecule is CC/C=C/COc1cccc(CNC(=O)c2ccc3ncccc3c2)c1. The Bertz CT molecular complexity index is 919. The van der Waals surface area contributed by atoms with Crippen LogP contribution in [0.25, 0.3) is 10.9 Å². The number of ether oxygens (including phenoxy) is 1. The highest BCUT2D eigenvalue weighted by molar-refractivity contribution is 5.97. The molecule has 0 atom stereocenters. The molecule has 4 nitrogen and oxygen atoms in total. The van der Waals surface area contributed by atoms with E-state index in [1.54, 1.807) is 12.3 Å². The molecule has 1 heterocycles. The minimum Gasteiger partial charge on any atom is -0.490 e. The van der Waals surface area contributed by atoms with E-state index in [0.717, 1.165) is 28.6 Å². The van der Waals surface area contributed by atoms with Crippen LogP contribution >= 0.6 is 0 Å². The van der Waals surface area contributed by atoms with Crippen molar-refractivity contribution in [3.8, 4) is 5.75 Å². The first-order chi connectivity index (χ1) is 12.8. The third kappa shape index (κ3) is 4.70. The first kappa shape index (κ1) is 17.7. The summed E-state index contributed by atoms with van der Waals surface area (Å²) >= 11 is 0. The number of amides is 1. The summed E-state index contributed by atoms with van der Waals surface area (Å²) in [6, 6.07) is 17.1. The number of fused-ring (bicyclic) bond motifs is 1. The zero-order valence-electron chi connectivity index (χ0n) is 14.8. The minimum absolute atomic E-state index is 0.104. The van der Waals surface area contributed by atoms with Gasteiger partial charge in [0, 0.05) is 23.7 Å². The molecule has 1 amide bonds. The van der Waals surface area contributed by atoms with E-state index in [2.05, 4.69) is 23.3 Å². The summed E-state index contributed by atoms with van der Waals surface area (Å²) in [7, 11) is 0. The Hall–Kier alpha value is -3.14. The average Bonchev–Trinajstić information content (AvgIpc) is 2.69. The number of pyridine rings is 1. The molecule has 1 aromatic heterocycles. The van der Waals surface area contributed by atoms with Crippen LogP contribution in [-0.2, 0) is 6.54 Å². The number of rotatable bonds is 7. The van der Waals surface area contributed by atoms with Crippen molar-refractivity contribution < 1.29 is 9.53 Å². The van der Waals surface area contributed by atoms with Crippen LogP contribution < -0.4 is 10.1 Å². The van der Waals surface area contributed by atoms with Crippen molar-refractivity contribution in [2.75, 3.05) is 6.61 Å². The predicted molar refractivity (Wildman–Crippen MR) is 104 cm³/mol. The van der Waals surface area contributed by atoms with Crippen LogP contribution in [0.5, 0.6) is 5.75 Å². The Labute approximate surface area is 153 Å². The van der Waals surface area contributed by atoms with Gasteiger partial charge in [-0.05, 0) is 48.4 Å². The highest BCUT2D eigenvalue weighted by Gasteiger charge is 2.07. The van der Waals surface area contributed by atoms with Gasteiger partial charge in [-0.2, -0.15) is 0 Å². The van der Waals surface area contributed by atoms with Crippen LogP contribution in [-0.4, -0.2) is 17.5 Å². The number of nitrogens with one attached hydrogen (secondary N) is 1.